The van der Waals surface area contributed by atoms with Crippen molar-refractivity contribution in [3.05, 3.63) is 23.7 Å². The molecule has 1 atom stereocenters. The van der Waals surface area contributed by atoms with E-state index in [1.807, 2.05) is 0 Å². The van der Waals surface area contributed by atoms with Gasteiger partial charge in [0.25, 0.3) is 0 Å². The van der Waals surface area contributed by atoms with Crippen molar-refractivity contribution in [3.63, 3.8) is 0 Å². The molecule has 0 aliphatic carbocycles. The molecule has 0 amide bonds. The topological polar surface area (TPSA) is 91.9 Å². The van der Waals surface area contributed by atoms with E-state index in [4.69, 9.17) is 14.3 Å². The van der Waals surface area contributed by atoms with Crippen molar-refractivity contribution < 1.29 is 24.2 Å². The Balaban J connectivity index is 1.79. The van der Waals surface area contributed by atoms with Gasteiger partial charge in [-0.05, 0) is 12.1 Å². The molecule has 6 heteroatoms. The Bertz CT molecular complexity index is 394. The monoisotopic (exact) mass is 241 g/mol. The van der Waals surface area contributed by atoms with Gasteiger partial charge < -0.3 is 24.7 Å². The Morgan fingerprint density at radius 1 is 1.53 bits per heavy atom. The molecule has 6 nitrogen and oxygen atoms in total. The Morgan fingerprint density at radius 2 is 2.35 bits per heavy atom. The van der Waals surface area contributed by atoms with Gasteiger partial charge in [0.2, 0.25) is 5.76 Å². The maximum Gasteiger partial charge on any atom is 0.371 e. The molecule has 0 bridgehead atoms. The fourth-order valence-electron chi connectivity index (χ4n) is 1.74. The van der Waals surface area contributed by atoms with Crippen LogP contribution in [0.25, 0.3) is 0 Å². The predicted octanol–water partition coefficient (Wildman–Crippen LogP) is 0.219. The van der Waals surface area contributed by atoms with Crippen LogP contribution in [-0.2, 0) is 11.3 Å². The van der Waals surface area contributed by atoms with Gasteiger partial charge in [-0.25, -0.2) is 4.79 Å². The van der Waals surface area contributed by atoms with Gasteiger partial charge in [-0.15, -0.1) is 0 Å². The molecule has 2 rings (SSSR count). The van der Waals surface area contributed by atoms with E-state index in [9.17, 15) is 9.90 Å². The summed E-state index contributed by atoms with van der Waals surface area (Å²) in [6, 6.07) is 3.01. The van der Waals surface area contributed by atoms with E-state index in [2.05, 4.69) is 5.32 Å². The number of hydrogen-bond acceptors (Lipinski definition) is 5. The van der Waals surface area contributed by atoms with Gasteiger partial charge in [-0.2, -0.15) is 0 Å². The zero-order valence-electron chi connectivity index (χ0n) is 9.31. The van der Waals surface area contributed by atoms with Crippen molar-refractivity contribution in [2.24, 2.45) is 0 Å². The highest BCUT2D eigenvalue weighted by Crippen LogP contribution is 2.17. The zero-order valence-corrected chi connectivity index (χ0v) is 9.31. The average molecular weight is 241 g/mol. The van der Waals surface area contributed by atoms with Crippen LogP contribution in [0.5, 0.6) is 0 Å². The second-order valence-electron chi connectivity index (χ2n) is 4.20. The molecule has 17 heavy (non-hydrogen) atoms. The van der Waals surface area contributed by atoms with Crippen LogP contribution in [0, 0.1) is 0 Å². The van der Waals surface area contributed by atoms with E-state index in [1.54, 1.807) is 6.07 Å². The molecule has 0 saturated carbocycles. The Hall–Kier alpha value is -1.37. The van der Waals surface area contributed by atoms with Gasteiger partial charge in [0.05, 0.1) is 13.2 Å². The first-order valence-electron chi connectivity index (χ1n) is 5.42. The van der Waals surface area contributed by atoms with Gasteiger partial charge in [-0.1, -0.05) is 0 Å². The highest BCUT2D eigenvalue weighted by Gasteiger charge is 2.31. The molecular formula is C11H15NO5. The number of rotatable bonds is 5. The summed E-state index contributed by atoms with van der Waals surface area (Å²) < 4.78 is 10.2. The molecule has 0 aromatic carbocycles. The van der Waals surface area contributed by atoms with Gasteiger partial charge in [0.1, 0.15) is 11.4 Å². The lowest BCUT2D eigenvalue weighted by Gasteiger charge is -2.20. The number of furan rings is 1. The van der Waals surface area contributed by atoms with Crippen molar-refractivity contribution in [1.82, 2.24) is 5.32 Å². The summed E-state index contributed by atoms with van der Waals surface area (Å²) >= 11 is 0. The number of carbonyl (C=O) groups is 1. The van der Waals surface area contributed by atoms with Crippen LogP contribution in [0.15, 0.2) is 16.5 Å². The molecule has 0 spiro atoms. The molecule has 1 aliphatic rings. The summed E-state index contributed by atoms with van der Waals surface area (Å²) in [7, 11) is 0. The Kier molecular flexibility index (Phi) is 3.46. The first kappa shape index (κ1) is 12.1. The molecule has 1 aliphatic heterocycles. The number of nitrogens with one attached hydrogen (secondary N) is 1. The lowest BCUT2D eigenvalue weighted by molar-refractivity contribution is 0.0265. The van der Waals surface area contributed by atoms with Crippen molar-refractivity contribution in [2.45, 2.75) is 18.6 Å². The van der Waals surface area contributed by atoms with Crippen LogP contribution in [0.1, 0.15) is 22.7 Å². The maximum atomic E-state index is 10.6. The number of aromatic carboxylic acids is 1. The average Bonchev–Trinajstić information content (AvgIpc) is 2.88. The van der Waals surface area contributed by atoms with Crippen molar-refractivity contribution in [2.75, 3.05) is 19.8 Å². The van der Waals surface area contributed by atoms with Gasteiger partial charge in [0.15, 0.2) is 0 Å². The largest absolute Gasteiger partial charge is 0.475 e. The quantitative estimate of drug-likeness (QED) is 0.683. The number of aliphatic hydroxyl groups is 1. The van der Waals surface area contributed by atoms with E-state index in [0.717, 1.165) is 0 Å². The van der Waals surface area contributed by atoms with E-state index in [-0.39, 0.29) is 5.76 Å². The lowest BCUT2D eigenvalue weighted by Crippen LogP contribution is -2.40. The molecule has 1 unspecified atom stereocenters. The number of carboxylic acid groups (broad SMARTS) is 1. The minimum atomic E-state index is -1.08. The van der Waals surface area contributed by atoms with E-state index < -0.39 is 11.6 Å². The molecule has 1 saturated heterocycles. The Labute approximate surface area is 98.2 Å². The van der Waals surface area contributed by atoms with Crippen LogP contribution in [0.4, 0.5) is 0 Å². The highest BCUT2D eigenvalue weighted by atomic mass is 16.5. The molecule has 1 aromatic rings. The van der Waals surface area contributed by atoms with E-state index >= 15 is 0 Å². The van der Waals surface area contributed by atoms with E-state index in [0.29, 0.717) is 38.5 Å². The van der Waals surface area contributed by atoms with Crippen molar-refractivity contribution in [1.29, 1.82) is 0 Å². The fourth-order valence-corrected chi connectivity index (χ4v) is 1.74. The van der Waals surface area contributed by atoms with Crippen LogP contribution in [-0.4, -0.2) is 41.5 Å². The summed E-state index contributed by atoms with van der Waals surface area (Å²) in [5.74, 6) is -0.631. The van der Waals surface area contributed by atoms with Gasteiger partial charge in [-0.3, -0.25) is 0 Å². The molecule has 3 N–H and O–H groups in total. The van der Waals surface area contributed by atoms with Crippen LogP contribution in [0.3, 0.4) is 0 Å². The summed E-state index contributed by atoms with van der Waals surface area (Å²) in [6.07, 6.45) is 0.610. The fraction of sp³-hybridized carbons (Fsp3) is 0.545. The van der Waals surface area contributed by atoms with E-state index in [1.165, 1.54) is 6.07 Å². The summed E-state index contributed by atoms with van der Waals surface area (Å²) in [5.41, 5.74) is -0.817. The summed E-state index contributed by atoms with van der Waals surface area (Å²) in [4.78, 5) is 10.6. The van der Waals surface area contributed by atoms with Crippen molar-refractivity contribution >= 4 is 5.97 Å². The van der Waals surface area contributed by atoms with Gasteiger partial charge in [0, 0.05) is 19.6 Å². The second-order valence-corrected chi connectivity index (χ2v) is 4.20. The molecule has 2 heterocycles. The van der Waals surface area contributed by atoms with Crippen molar-refractivity contribution in [3.8, 4) is 0 Å². The summed E-state index contributed by atoms with van der Waals surface area (Å²) in [6.45, 7) is 1.69. The van der Waals surface area contributed by atoms with Crippen LogP contribution >= 0.6 is 0 Å². The van der Waals surface area contributed by atoms with Gasteiger partial charge >= 0.3 is 5.97 Å². The normalized spacial score (nSPS) is 24.1. The lowest BCUT2D eigenvalue weighted by atomic mass is 10.0. The Morgan fingerprint density at radius 3 is 2.94 bits per heavy atom. The molecule has 94 valence electrons. The summed E-state index contributed by atoms with van der Waals surface area (Å²) in [5, 5.41) is 21.6. The number of hydrogen-bond donors (Lipinski definition) is 3. The third-order valence-electron chi connectivity index (χ3n) is 2.71. The minimum absolute atomic E-state index is 0.0790. The maximum absolute atomic E-state index is 10.6. The second kappa shape index (κ2) is 4.87. The first-order chi connectivity index (χ1) is 8.09. The molecule has 0 radical (unpaired) electrons. The highest BCUT2D eigenvalue weighted by molar-refractivity contribution is 5.84. The standard InChI is InChI=1S/C11H15NO5/c13-10(14)9-2-1-8(17-9)5-12-6-11(15)3-4-16-7-11/h1-2,12,15H,3-7H2,(H,13,14). The van der Waals surface area contributed by atoms with Crippen LogP contribution in [0.2, 0.25) is 0 Å². The number of carboxylic acids is 1. The zero-order chi connectivity index (χ0) is 12.3. The molecular weight excluding hydrogens is 226 g/mol. The number of ether oxygens (including phenoxy) is 1. The predicted molar refractivity (Wildman–Crippen MR) is 57.8 cm³/mol. The third kappa shape index (κ3) is 3.06. The molecule has 1 aromatic heterocycles. The smallest absolute Gasteiger partial charge is 0.371 e. The molecule has 1 fully saturated rings. The SMILES string of the molecule is O=C(O)c1ccc(CNCC2(O)CCOC2)o1. The first-order valence-corrected chi connectivity index (χ1v) is 5.42. The minimum Gasteiger partial charge on any atom is -0.475 e. The third-order valence-corrected chi connectivity index (χ3v) is 2.71. The van der Waals surface area contributed by atoms with Crippen LogP contribution < -0.4 is 5.32 Å².